The van der Waals surface area contributed by atoms with Crippen LogP contribution < -0.4 is 20.1 Å². The summed E-state index contributed by atoms with van der Waals surface area (Å²) in [6, 6.07) is 9.66. The second-order valence-electron chi connectivity index (χ2n) is 9.15. The van der Waals surface area contributed by atoms with E-state index < -0.39 is 0 Å². The second kappa shape index (κ2) is 9.37. The fourth-order valence-corrected chi connectivity index (χ4v) is 5.85. The number of anilines is 1. The number of hydrogen-bond acceptors (Lipinski definition) is 8. The molecule has 1 fully saturated rings. The molecule has 3 aliphatic rings. The largest absolute Gasteiger partial charge is 0.484 e. The van der Waals surface area contributed by atoms with Crippen LogP contribution in [0.25, 0.3) is 11.0 Å². The number of aliphatic imine (C=N–C) groups is 1. The zero-order valence-electron chi connectivity index (χ0n) is 19.5. The quantitative estimate of drug-likeness (QED) is 0.552. The predicted octanol–water partition coefficient (Wildman–Crippen LogP) is 4.61. The van der Waals surface area contributed by atoms with E-state index in [1.165, 1.54) is 0 Å². The molecule has 1 aliphatic carbocycles. The zero-order chi connectivity index (χ0) is 23.8. The number of rotatable bonds is 4. The Morgan fingerprint density at radius 3 is 2.94 bits per heavy atom. The highest BCUT2D eigenvalue weighted by molar-refractivity contribution is 8.00. The Morgan fingerprint density at radius 2 is 2.09 bits per heavy atom. The Balaban J connectivity index is 1.09. The Morgan fingerprint density at radius 1 is 1.20 bits per heavy atom. The molecule has 0 radical (unpaired) electrons. The van der Waals surface area contributed by atoms with E-state index in [4.69, 9.17) is 9.47 Å². The van der Waals surface area contributed by atoms with Crippen LogP contribution in [0.2, 0.25) is 0 Å². The van der Waals surface area contributed by atoms with Gasteiger partial charge in [0.15, 0.2) is 5.75 Å². The summed E-state index contributed by atoms with van der Waals surface area (Å²) in [4.78, 5) is 27.5. The normalized spacial score (nSPS) is 22.9. The van der Waals surface area contributed by atoms with Crippen LogP contribution in [-0.4, -0.2) is 53.6 Å². The van der Waals surface area contributed by atoms with Crippen molar-refractivity contribution in [3.05, 3.63) is 42.1 Å². The molecule has 2 N–H and O–H groups in total. The van der Waals surface area contributed by atoms with Crippen LogP contribution in [0, 0.1) is 5.92 Å². The number of nitrogens with one attached hydrogen (secondary N) is 2. The van der Waals surface area contributed by atoms with Gasteiger partial charge in [-0.1, -0.05) is 0 Å². The summed E-state index contributed by atoms with van der Waals surface area (Å²) in [6.45, 7) is 0.736. The average Bonchev–Trinajstić information content (AvgIpc) is 2.92. The highest BCUT2D eigenvalue weighted by atomic mass is 32.2. The van der Waals surface area contributed by atoms with Gasteiger partial charge in [0.1, 0.15) is 11.6 Å². The Kier molecular flexibility index (Phi) is 5.93. The molecule has 4 heterocycles. The summed E-state index contributed by atoms with van der Waals surface area (Å²) in [7, 11) is 1.61. The van der Waals surface area contributed by atoms with E-state index in [2.05, 4.69) is 25.6 Å². The molecule has 2 aromatic heterocycles. The van der Waals surface area contributed by atoms with Crippen LogP contribution in [0.3, 0.4) is 0 Å². The van der Waals surface area contributed by atoms with Gasteiger partial charge in [0.05, 0.1) is 36.7 Å². The molecule has 1 unspecified atom stereocenters. The van der Waals surface area contributed by atoms with Crippen molar-refractivity contribution < 1.29 is 14.3 Å². The third-order valence-electron chi connectivity index (χ3n) is 7.01. The van der Waals surface area contributed by atoms with Crippen molar-refractivity contribution >= 4 is 46.3 Å². The Labute approximate surface area is 207 Å². The number of nitrogens with zero attached hydrogens (tertiary/aromatic N) is 3. The number of ether oxygens (including phenoxy) is 2. The van der Waals surface area contributed by atoms with Gasteiger partial charge < -0.3 is 20.1 Å². The molecule has 3 aromatic rings. The second-order valence-corrected chi connectivity index (χ2v) is 10.2. The topological polar surface area (TPSA) is 97.7 Å². The van der Waals surface area contributed by atoms with Gasteiger partial charge in [-0.15, -0.1) is 11.8 Å². The monoisotopic (exact) mass is 489 g/mol. The van der Waals surface area contributed by atoms with Gasteiger partial charge in [-0.05, 0) is 55.9 Å². The Hall–Kier alpha value is -3.33. The first kappa shape index (κ1) is 22.2. The van der Waals surface area contributed by atoms with Crippen LogP contribution in [0.15, 0.2) is 46.4 Å². The van der Waals surface area contributed by atoms with Crippen LogP contribution in [-0.2, 0) is 0 Å². The molecule has 0 bridgehead atoms. The molecular weight excluding hydrogens is 462 g/mol. The number of carbonyl (C=O) groups is 1. The first-order valence-corrected chi connectivity index (χ1v) is 13.0. The van der Waals surface area contributed by atoms with E-state index in [1.807, 2.05) is 30.5 Å². The van der Waals surface area contributed by atoms with Crippen molar-refractivity contribution in [2.75, 3.05) is 24.7 Å². The van der Waals surface area contributed by atoms with Crippen LogP contribution in [0.5, 0.6) is 11.6 Å². The van der Waals surface area contributed by atoms with Crippen molar-refractivity contribution in [1.82, 2.24) is 15.3 Å². The minimum atomic E-state index is -0.0227. The van der Waals surface area contributed by atoms with E-state index in [1.54, 1.807) is 31.1 Å². The standard InChI is InChI=1S/C26H27N5O3S/c1-33-23-9-7-18-24(31-23)25-20(13-28-18)29-14-21(34-25)15-2-5-17(6-3-15)30-26(32)16-4-8-22-19(12-16)27-10-11-35-22/h4,7-10,12-13,15,17,21,29H,2-3,5-6,11,14H2,1H3,(H,30,32). The number of hydrogen-bond donors (Lipinski definition) is 2. The van der Waals surface area contributed by atoms with E-state index in [9.17, 15) is 4.79 Å². The molecule has 1 amide bonds. The van der Waals surface area contributed by atoms with Crippen LogP contribution >= 0.6 is 11.8 Å². The van der Waals surface area contributed by atoms with Crippen molar-refractivity contribution in [3.8, 4) is 11.6 Å². The lowest BCUT2D eigenvalue weighted by Gasteiger charge is -2.37. The molecule has 8 nitrogen and oxygen atoms in total. The van der Waals surface area contributed by atoms with Gasteiger partial charge in [0, 0.05) is 34.5 Å². The number of amides is 1. The van der Waals surface area contributed by atoms with Crippen molar-refractivity contribution in [1.29, 1.82) is 0 Å². The zero-order valence-corrected chi connectivity index (χ0v) is 20.3. The van der Waals surface area contributed by atoms with E-state index in [0.29, 0.717) is 22.9 Å². The Bertz CT molecular complexity index is 1300. The van der Waals surface area contributed by atoms with Crippen molar-refractivity contribution in [2.45, 2.75) is 42.7 Å². The van der Waals surface area contributed by atoms with Crippen LogP contribution in [0.1, 0.15) is 36.0 Å². The molecule has 35 heavy (non-hydrogen) atoms. The highest BCUT2D eigenvalue weighted by Crippen LogP contribution is 2.39. The number of pyridine rings is 2. The number of methoxy groups -OCH3 is 1. The summed E-state index contributed by atoms with van der Waals surface area (Å²) in [6.07, 6.45) is 7.61. The first-order valence-electron chi connectivity index (χ1n) is 12.0. The molecule has 1 atom stereocenters. The lowest BCUT2D eigenvalue weighted by atomic mass is 9.82. The van der Waals surface area contributed by atoms with Crippen molar-refractivity contribution in [2.24, 2.45) is 10.9 Å². The first-order chi connectivity index (χ1) is 17.2. The third-order valence-corrected chi connectivity index (χ3v) is 7.98. The van der Waals surface area contributed by atoms with Gasteiger partial charge >= 0.3 is 0 Å². The molecule has 1 aromatic carbocycles. The maximum atomic E-state index is 12.9. The van der Waals surface area contributed by atoms with E-state index in [-0.39, 0.29) is 18.1 Å². The summed E-state index contributed by atoms with van der Waals surface area (Å²) < 4.78 is 11.8. The molecule has 9 heteroatoms. The number of benzene rings is 1. The minimum Gasteiger partial charge on any atom is -0.484 e. The summed E-state index contributed by atoms with van der Waals surface area (Å²) >= 11 is 1.74. The van der Waals surface area contributed by atoms with E-state index in [0.717, 1.165) is 65.5 Å². The fourth-order valence-electron chi connectivity index (χ4n) is 5.10. The maximum Gasteiger partial charge on any atom is 0.251 e. The third kappa shape index (κ3) is 4.40. The summed E-state index contributed by atoms with van der Waals surface area (Å²) in [5.41, 5.74) is 3.92. The number of aromatic nitrogens is 2. The highest BCUT2D eigenvalue weighted by Gasteiger charge is 2.33. The number of carbonyl (C=O) groups excluding carboxylic acids is 1. The van der Waals surface area contributed by atoms with Crippen LogP contribution in [0.4, 0.5) is 11.4 Å². The predicted molar refractivity (Wildman–Crippen MR) is 138 cm³/mol. The van der Waals surface area contributed by atoms with Gasteiger partial charge in [0.25, 0.3) is 5.91 Å². The number of fused-ring (bicyclic) bond motifs is 4. The minimum absolute atomic E-state index is 0.0227. The van der Waals surface area contributed by atoms with E-state index >= 15 is 0 Å². The lowest BCUT2D eigenvalue weighted by Crippen LogP contribution is -2.43. The molecular formula is C26H27N5O3S. The SMILES string of the molecule is COc1ccc2ncc3c(c2n1)OC(C1CCC(NC(=O)c2ccc4c(c2)N=CCS4)CC1)CN3. The van der Waals surface area contributed by atoms with Crippen molar-refractivity contribution in [3.63, 3.8) is 0 Å². The molecule has 0 saturated heterocycles. The smallest absolute Gasteiger partial charge is 0.251 e. The molecule has 6 rings (SSSR count). The average molecular weight is 490 g/mol. The van der Waals surface area contributed by atoms with Gasteiger partial charge in [-0.3, -0.25) is 14.8 Å². The number of thioether (sulfide) groups is 1. The lowest BCUT2D eigenvalue weighted by molar-refractivity contribution is 0.0867. The molecule has 1 saturated carbocycles. The van der Waals surface area contributed by atoms with Gasteiger partial charge in [-0.2, -0.15) is 0 Å². The fraction of sp³-hybridized carbons (Fsp3) is 0.385. The van der Waals surface area contributed by atoms with Gasteiger partial charge in [0.2, 0.25) is 5.88 Å². The molecule has 0 spiro atoms. The summed E-state index contributed by atoms with van der Waals surface area (Å²) in [5, 5.41) is 6.71. The van der Waals surface area contributed by atoms with Gasteiger partial charge in [-0.25, -0.2) is 4.98 Å². The maximum absolute atomic E-state index is 12.9. The molecule has 180 valence electrons. The molecule has 2 aliphatic heterocycles. The summed E-state index contributed by atoms with van der Waals surface area (Å²) in [5.74, 6) is 2.55.